The minimum Gasteiger partial charge on any atom is -0.292 e. The molecule has 2 heterocycles. The average molecular weight is 413 g/mol. The molecule has 0 bridgehead atoms. The number of carbonyl (C=O) groups is 1. The fraction of sp³-hybridized carbons (Fsp3) is 0.250. The van der Waals surface area contributed by atoms with Crippen molar-refractivity contribution in [3.8, 4) is 0 Å². The maximum Gasteiger partial charge on any atom is 0.208 e. The number of Topliss-reactive ketones (excluding diaryl/α,β-unsaturated/α-hetero) is 1. The second-order valence-corrected chi connectivity index (χ2v) is 10.6. The number of nitrogens with one attached hydrogen (secondary N) is 1. The highest BCUT2D eigenvalue weighted by Crippen LogP contribution is 2.30. The summed E-state index contributed by atoms with van der Waals surface area (Å²) in [5.41, 5.74) is 0.958. The molecule has 0 aliphatic heterocycles. The summed E-state index contributed by atoms with van der Waals surface area (Å²) in [6, 6.07) is 11.6. The maximum absolute atomic E-state index is 12.3. The molecule has 0 unspecified atom stereocenters. The molecular weight excluding hydrogens is 396 g/mol. The van der Waals surface area contributed by atoms with Crippen LogP contribution in [0.1, 0.15) is 14.5 Å². The minimum atomic E-state index is -3.18. The Morgan fingerprint density at radius 1 is 1.20 bits per heavy atom. The number of ketones is 1. The Bertz CT molecular complexity index is 959. The number of sulfonamides is 1. The number of carbonyl (C=O) groups excluding carboxylic acids is 1. The number of nitrogens with zero attached hydrogens (tertiary/aromatic N) is 1. The molecule has 0 aliphatic rings. The number of rotatable bonds is 8. The van der Waals surface area contributed by atoms with E-state index in [2.05, 4.69) is 9.71 Å². The van der Waals surface area contributed by atoms with Gasteiger partial charge in [0.25, 0.3) is 0 Å². The molecule has 0 amide bonds. The molecule has 0 aliphatic carbocycles. The van der Waals surface area contributed by atoms with Crippen LogP contribution in [0.4, 0.5) is 0 Å². The number of hydrogen-bond acceptors (Lipinski definition) is 7. The third-order valence-electron chi connectivity index (χ3n) is 3.27. The lowest BCUT2D eigenvalue weighted by Crippen LogP contribution is -2.23. The fourth-order valence-corrected chi connectivity index (χ4v) is 5.59. The number of hydrogen-bond donors (Lipinski definition) is 1. The zero-order valence-electron chi connectivity index (χ0n) is 13.4. The SMILES string of the molecule is CS(=O)(=O)NCCc1ccc(C(=O)CSc2nc3ccccc3s2)s1. The molecule has 25 heavy (non-hydrogen) atoms. The van der Waals surface area contributed by atoms with E-state index in [0.717, 1.165) is 25.7 Å². The number of benzene rings is 1. The molecular formula is C16H16N2O3S4. The van der Waals surface area contributed by atoms with Crippen LogP contribution in [-0.2, 0) is 16.4 Å². The number of fused-ring (bicyclic) bond motifs is 1. The van der Waals surface area contributed by atoms with Gasteiger partial charge in [0.2, 0.25) is 10.0 Å². The molecule has 5 nitrogen and oxygen atoms in total. The molecule has 1 N–H and O–H groups in total. The van der Waals surface area contributed by atoms with E-state index in [4.69, 9.17) is 0 Å². The van der Waals surface area contributed by atoms with Crippen LogP contribution in [0.2, 0.25) is 0 Å². The van der Waals surface area contributed by atoms with Crippen LogP contribution >= 0.6 is 34.4 Å². The standard InChI is InChI=1S/C16H16N2O3S4/c1-25(20,21)17-9-8-11-6-7-15(23-11)13(19)10-22-16-18-12-4-2-3-5-14(12)24-16/h2-7,17H,8-10H2,1H3. The van der Waals surface area contributed by atoms with Gasteiger partial charge >= 0.3 is 0 Å². The molecule has 3 aromatic rings. The predicted molar refractivity (Wildman–Crippen MR) is 106 cm³/mol. The first-order valence-corrected chi connectivity index (χ1v) is 12.0. The molecule has 3 rings (SSSR count). The zero-order chi connectivity index (χ0) is 17.9. The van der Waals surface area contributed by atoms with Crippen molar-refractivity contribution in [1.29, 1.82) is 0 Å². The van der Waals surface area contributed by atoms with E-state index in [1.54, 1.807) is 11.3 Å². The third kappa shape index (κ3) is 5.35. The smallest absolute Gasteiger partial charge is 0.208 e. The van der Waals surface area contributed by atoms with Crippen molar-refractivity contribution in [3.05, 3.63) is 46.2 Å². The summed E-state index contributed by atoms with van der Waals surface area (Å²) in [5.74, 6) is 0.415. The summed E-state index contributed by atoms with van der Waals surface area (Å²) in [4.78, 5) is 18.5. The van der Waals surface area contributed by atoms with E-state index in [9.17, 15) is 13.2 Å². The lowest BCUT2D eigenvalue weighted by atomic mass is 10.3. The first-order valence-electron chi connectivity index (χ1n) is 7.46. The van der Waals surface area contributed by atoms with Crippen molar-refractivity contribution < 1.29 is 13.2 Å². The Kier molecular flexibility index (Phi) is 5.90. The molecule has 132 valence electrons. The van der Waals surface area contributed by atoms with Gasteiger partial charge in [-0.15, -0.1) is 22.7 Å². The fourth-order valence-electron chi connectivity index (χ4n) is 2.13. The van der Waals surface area contributed by atoms with Crippen molar-refractivity contribution in [1.82, 2.24) is 9.71 Å². The topological polar surface area (TPSA) is 76.1 Å². The molecule has 1 aromatic carbocycles. The number of thiazole rings is 1. The molecule has 0 saturated carbocycles. The van der Waals surface area contributed by atoms with E-state index in [-0.39, 0.29) is 5.78 Å². The van der Waals surface area contributed by atoms with Crippen LogP contribution in [0, 0.1) is 0 Å². The summed E-state index contributed by atoms with van der Waals surface area (Å²) in [6.45, 7) is 0.341. The van der Waals surface area contributed by atoms with E-state index < -0.39 is 10.0 Å². The van der Waals surface area contributed by atoms with Gasteiger partial charge in [0.05, 0.1) is 27.1 Å². The zero-order valence-corrected chi connectivity index (χ0v) is 16.7. The number of aromatic nitrogens is 1. The highest BCUT2D eigenvalue weighted by Gasteiger charge is 2.12. The van der Waals surface area contributed by atoms with Gasteiger partial charge < -0.3 is 0 Å². The average Bonchev–Trinajstić information content (AvgIpc) is 3.17. The Hall–Kier alpha value is -1.26. The Morgan fingerprint density at radius 3 is 2.76 bits per heavy atom. The van der Waals surface area contributed by atoms with Crippen LogP contribution in [-0.4, -0.2) is 37.7 Å². The van der Waals surface area contributed by atoms with Crippen molar-refractivity contribution in [3.63, 3.8) is 0 Å². The van der Waals surface area contributed by atoms with Crippen LogP contribution < -0.4 is 4.72 Å². The van der Waals surface area contributed by atoms with E-state index in [0.29, 0.717) is 23.6 Å². The Labute approximate surface area is 158 Å². The second-order valence-electron chi connectivity index (χ2n) is 5.34. The van der Waals surface area contributed by atoms with Gasteiger partial charge in [-0.05, 0) is 30.7 Å². The summed E-state index contributed by atoms with van der Waals surface area (Å²) < 4.78 is 26.6. The first kappa shape index (κ1) is 18.5. The first-order chi connectivity index (χ1) is 11.9. The molecule has 0 atom stereocenters. The van der Waals surface area contributed by atoms with Crippen LogP contribution in [0.3, 0.4) is 0 Å². The van der Waals surface area contributed by atoms with Gasteiger partial charge in [-0.3, -0.25) is 4.79 Å². The summed E-state index contributed by atoms with van der Waals surface area (Å²) >= 11 is 4.46. The molecule has 0 spiro atoms. The predicted octanol–water partition coefficient (Wildman–Crippen LogP) is 3.42. The van der Waals surface area contributed by atoms with E-state index in [1.807, 2.05) is 36.4 Å². The number of thioether (sulfide) groups is 1. The quantitative estimate of drug-likeness (QED) is 0.453. The van der Waals surface area contributed by atoms with Crippen molar-refractivity contribution in [2.75, 3.05) is 18.6 Å². The molecule has 0 radical (unpaired) electrons. The van der Waals surface area contributed by atoms with E-state index in [1.165, 1.54) is 23.1 Å². The maximum atomic E-state index is 12.3. The Morgan fingerprint density at radius 2 is 2.00 bits per heavy atom. The molecule has 2 aromatic heterocycles. The second kappa shape index (κ2) is 7.96. The highest BCUT2D eigenvalue weighted by molar-refractivity contribution is 8.01. The highest BCUT2D eigenvalue weighted by atomic mass is 32.2. The summed E-state index contributed by atoms with van der Waals surface area (Å²) in [6.07, 6.45) is 1.71. The van der Waals surface area contributed by atoms with Gasteiger partial charge in [-0.2, -0.15) is 0 Å². The summed E-state index contributed by atoms with van der Waals surface area (Å²) in [7, 11) is -3.18. The molecule has 0 fully saturated rings. The minimum absolute atomic E-state index is 0.0663. The van der Waals surface area contributed by atoms with Gasteiger partial charge in [0.15, 0.2) is 10.1 Å². The van der Waals surface area contributed by atoms with Gasteiger partial charge in [0.1, 0.15) is 0 Å². The van der Waals surface area contributed by atoms with Crippen LogP contribution in [0.25, 0.3) is 10.2 Å². The monoisotopic (exact) mass is 412 g/mol. The lowest BCUT2D eigenvalue weighted by Gasteiger charge is -1.99. The van der Waals surface area contributed by atoms with Gasteiger partial charge in [0, 0.05) is 11.4 Å². The summed E-state index contributed by atoms with van der Waals surface area (Å²) in [5, 5.41) is 0. The largest absolute Gasteiger partial charge is 0.292 e. The Balaban J connectivity index is 1.54. The third-order valence-corrected chi connectivity index (χ3v) is 7.37. The molecule has 0 saturated heterocycles. The normalized spacial score (nSPS) is 11.9. The number of para-hydroxylation sites is 1. The number of thiophene rings is 1. The van der Waals surface area contributed by atoms with Gasteiger partial charge in [-0.1, -0.05) is 23.9 Å². The lowest BCUT2D eigenvalue weighted by molar-refractivity contribution is 0.102. The van der Waals surface area contributed by atoms with E-state index >= 15 is 0 Å². The van der Waals surface area contributed by atoms with Crippen molar-refractivity contribution in [2.45, 2.75) is 10.8 Å². The van der Waals surface area contributed by atoms with Crippen molar-refractivity contribution in [2.24, 2.45) is 0 Å². The van der Waals surface area contributed by atoms with Crippen LogP contribution in [0.5, 0.6) is 0 Å². The van der Waals surface area contributed by atoms with Gasteiger partial charge in [-0.25, -0.2) is 18.1 Å². The van der Waals surface area contributed by atoms with Crippen LogP contribution in [0.15, 0.2) is 40.7 Å². The van der Waals surface area contributed by atoms with Crippen molar-refractivity contribution >= 4 is 60.5 Å². The molecule has 9 heteroatoms.